The highest BCUT2D eigenvalue weighted by Gasteiger charge is 2.14. The van der Waals surface area contributed by atoms with Crippen LogP contribution in [0.2, 0.25) is 0 Å². The summed E-state index contributed by atoms with van der Waals surface area (Å²) in [5.74, 6) is 0. The highest BCUT2D eigenvalue weighted by Crippen LogP contribution is 2.16. The van der Waals surface area contributed by atoms with Gasteiger partial charge in [-0.2, -0.15) is 0 Å². The Bertz CT molecular complexity index is 405. The van der Waals surface area contributed by atoms with Crippen molar-refractivity contribution >= 4 is 15.9 Å². The zero-order valence-electron chi connectivity index (χ0n) is 12.2. The summed E-state index contributed by atoms with van der Waals surface area (Å²) in [5.41, 5.74) is 2.61. The van der Waals surface area contributed by atoms with Crippen LogP contribution in [0.1, 0.15) is 30.4 Å². The van der Waals surface area contributed by atoms with Crippen LogP contribution >= 0.6 is 15.9 Å². The summed E-state index contributed by atoms with van der Waals surface area (Å²) < 4.78 is 12.3. The van der Waals surface area contributed by atoms with Crippen molar-refractivity contribution < 1.29 is 9.47 Å². The topological polar surface area (TPSA) is 30.5 Å². The van der Waals surface area contributed by atoms with E-state index in [4.69, 9.17) is 9.47 Å². The van der Waals surface area contributed by atoms with Gasteiger partial charge in [0.1, 0.15) is 0 Å². The minimum atomic E-state index is 0.341. The van der Waals surface area contributed by atoms with Crippen LogP contribution in [-0.2, 0) is 16.0 Å². The quantitative estimate of drug-likeness (QED) is 0.734. The lowest BCUT2D eigenvalue weighted by molar-refractivity contribution is 0.0166. The van der Waals surface area contributed by atoms with E-state index in [1.54, 1.807) is 0 Å². The monoisotopic (exact) mass is 341 g/mol. The number of aryl methyl sites for hydroxylation is 1. The SMILES string of the molecule is Cc1cc(CNCCCOCC2CCCO2)ccc1Br. The Morgan fingerprint density at radius 1 is 1.45 bits per heavy atom. The van der Waals surface area contributed by atoms with Crippen LogP contribution in [0, 0.1) is 6.92 Å². The summed E-state index contributed by atoms with van der Waals surface area (Å²) in [5, 5.41) is 3.45. The van der Waals surface area contributed by atoms with Crippen LogP contribution in [0.4, 0.5) is 0 Å². The van der Waals surface area contributed by atoms with Gasteiger partial charge in [-0.3, -0.25) is 0 Å². The van der Waals surface area contributed by atoms with Gasteiger partial charge in [-0.1, -0.05) is 28.1 Å². The minimum Gasteiger partial charge on any atom is -0.379 e. The second-order valence-corrected chi connectivity index (χ2v) is 6.18. The van der Waals surface area contributed by atoms with Crippen LogP contribution in [0.15, 0.2) is 22.7 Å². The number of hydrogen-bond donors (Lipinski definition) is 1. The molecule has 0 saturated carbocycles. The minimum absolute atomic E-state index is 0.341. The fourth-order valence-electron chi connectivity index (χ4n) is 2.34. The van der Waals surface area contributed by atoms with Gasteiger partial charge in [0.25, 0.3) is 0 Å². The van der Waals surface area contributed by atoms with Crippen molar-refractivity contribution in [2.24, 2.45) is 0 Å². The Balaban J connectivity index is 1.49. The Morgan fingerprint density at radius 3 is 3.10 bits per heavy atom. The molecule has 1 fully saturated rings. The number of rotatable bonds is 8. The van der Waals surface area contributed by atoms with E-state index in [-0.39, 0.29) is 0 Å². The maximum atomic E-state index is 5.63. The van der Waals surface area contributed by atoms with E-state index in [0.717, 1.165) is 45.8 Å². The lowest BCUT2D eigenvalue weighted by Crippen LogP contribution is -2.19. The van der Waals surface area contributed by atoms with Crippen molar-refractivity contribution in [2.75, 3.05) is 26.4 Å². The van der Waals surface area contributed by atoms with E-state index >= 15 is 0 Å². The Labute approximate surface area is 130 Å². The highest BCUT2D eigenvalue weighted by molar-refractivity contribution is 9.10. The van der Waals surface area contributed by atoms with Crippen LogP contribution in [-0.4, -0.2) is 32.5 Å². The Morgan fingerprint density at radius 2 is 2.35 bits per heavy atom. The molecule has 0 bridgehead atoms. The van der Waals surface area contributed by atoms with Crippen LogP contribution in [0.3, 0.4) is 0 Å². The summed E-state index contributed by atoms with van der Waals surface area (Å²) in [6.45, 7) is 6.49. The standard InChI is InChI=1S/C16H24BrNO2/c1-13-10-14(5-6-16(13)17)11-18-7-3-8-19-12-15-4-2-9-20-15/h5-6,10,15,18H,2-4,7-9,11-12H2,1H3. The number of nitrogens with one attached hydrogen (secondary N) is 1. The third kappa shape index (κ3) is 5.52. The third-order valence-corrected chi connectivity index (χ3v) is 4.41. The molecule has 112 valence electrons. The molecule has 0 aromatic heterocycles. The van der Waals surface area contributed by atoms with Gasteiger partial charge >= 0.3 is 0 Å². The second kappa shape index (κ2) is 8.78. The van der Waals surface area contributed by atoms with Gasteiger partial charge in [0.2, 0.25) is 0 Å². The van der Waals surface area contributed by atoms with Gasteiger partial charge < -0.3 is 14.8 Å². The molecular formula is C16H24BrNO2. The normalized spacial score (nSPS) is 18.6. The van der Waals surface area contributed by atoms with Gasteiger partial charge in [0, 0.05) is 24.2 Å². The molecule has 1 N–H and O–H groups in total. The first kappa shape index (κ1) is 16.0. The average Bonchev–Trinajstić information content (AvgIpc) is 2.95. The fourth-order valence-corrected chi connectivity index (χ4v) is 2.59. The average molecular weight is 342 g/mol. The Hall–Kier alpha value is -0.420. The van der Waals surface area contributed by atoms with Crippen LogP contribution in [0.5, 0.6) is 0 Å². The van der Waals surface area contributed by atoms with Gasteiger partial charge in [-0.15, -0.1) is 0 Å². The molecule has 1 aliphatic heterocycles. The van der Waals surface area contributed by atoms with Crippen molar-refractivity contribution in [2.45, 2.75) is 38.8 Å². The van der Waals surface area contributed by atoms with Gasteiger partial charge in [-0.05, 0) is 49.9 Å². The first-order valence-corrected chi connectivity index (χ1v) is 8.20. The summed E-state index contributed by atoms with van der Waals surface area (Å²) in [4.78, 5) is 0. The predicted molar refractivity (Wildman–Crippen MR) is 85.0 cm³/mol. The highest BCUT2D eigenvalue weighted by atomic mass is 79.9. The molecule has 1 aromatic carbocycles. The second-order valence-electron chi connectivity index (χ2n) is 5.32. The fraction of sp³-hybridized carbons (Fsp3) is 0.625. The van der Waals surface area contributed by atoms with E-state index in [9.17, 15) is 0 Å². The lowest BCUT2D eigenvalue weighted by Gasteiger charge is -2.10. The summed E-state index contributed by atoms with van der Waals surface area (Å²) in [7, 11) is 0. The smallest absolute Gasteiger partial charge is 0.0809 e. The number of ether oxygens (including phenoxy) is 2. The van der Waals surface area contributed by atoms with E-state index < -0.39 is 0 Å². The van der Waals surface area contributed by atoms with Crippen LogP contribution < -0.4 is 5.32 Å². The van der Waals surface area contributed by atoms with Crippen molar-refractivity contribution in [3.05, 3.63) is 33.8 Å². The van der Waals surface area contributed by atoms with E-state index in [2.05, 4.69) is 46.4 Å². The predicted octanol–water partition coefficient (Wildman–Crippen LogP) is 3.43. The molecule has 0 amide bonds. The summed E-state index contributed by atoms with van der Waals surface area (Å²) in [6.07, 6.45) is 3.72. The first-order chi connectivity index (χ1) is 9.75. The molecule has 0 aliphatic carbocycles. The molecule has 1 atom stereocenters. The van der Waals surface area contributed by atoms with E-state index in [0.29, 0.717) is 6.10 Å². The Kier molecular flexibility index (Phi) is 7.00. The lowest BCUT2D eigenvalue weighted by atomic mass is 10.1. The summed E-state index contributed by atoms with van der Waals surface area (Å²) in [6, 6.07) is 6.47. The van der Waals surface area contributed by atoms with Crippen molar-refractivity contribution in [3.8, 4) is 0 Å². The molecule has 1 saturated heterocycles. The number of halogens is 1. The molecule has 20 heavy (non-hydrogen) atoms. The maximum absolute atomic E-state index is 5.63. The van der Waals surface area contributed by atoms with E-state index in [1.807, 2.05) is 0 Å². The molecule has 3 nitrogen and oxygen atoms in total. The molecule has 0 spiro atoms. The van der Waals surface area contributed by atoms with Crippen molar-refractivity contribution in [3.63, 3.8) is 0 Å². The number of hydrogen-bond acceptors (Lipinski definition) is 3. The van der Waals surface area contributed by atoms with E-state index in [1.165, 1.54) is 22.0 Å². The first-order valence-electron chi connectivity index (χ1n) is 7.41. The zero-order valence-corrected chi connectivity index (χ0v) is 13.7. The van der Waals surface area contributed by atoms with Gasteiger partial charge in [0.05, 0.1) is 12.7 Å². The number of benzene rings is 1. The molecule has 0 radical (unpaired) electrons. The molecular weight excluding hydrogens is 318 g/mol. The van der Waals surface area contributed by atoms with Gasteiger partial charge in [-0.25, -0.2) is 0 Å². The van der Waals surface area contributed by atoms with Crippen molar-refractivity contribution in [1.29, 1.82) is 0 Å². The molecule has 1 aliphatic rings. The largest absolute Gasteiger partial charge is 0.379 e. The molecule has 1 heterocycles. The molecule has 2 rings (SSSR count). The maximum Gasteiger partial charge on any atom is 0.0809 e. The van der Waals surface area contributed by atoms with Crippen molar-refractivity contribution in [1.82, 2.24) is 5.32 Å². The molecule has 1 unspecified atom stereocenters. The van der Waals surface area contributed by atoms with Gasteiger partial charge in [0.15, 0.2) is 0 Å². The zero-order chi connectivity index (χ0) is 14.2. The van der Waals surface area contributed by atoms with Crippen LogP contribution in [0.25, 0.3) is 0 Å². The molecule has 4 heteroatoms. The summed E-state index contributed by atoms with van der Waals surface area (Å²) >= 11 is 3.52. The third-order valence-electron chi connectivity index (χ3n) is 3.52. The molecule has 1 aromatic rings.